The maximum atomic E-state index is 12.7. The number of imide groups is 1. The van der Waals surface area contributed by atoms with Gasteiger partial charge in [-0.25, -0.2) is 4.79 Å². The molecule has 3 N–H and O–H groups in total. The lowest BCUT2D eigenvalue weighted by molar-refractivity contribution is -0.137. The highest BCUT2D eigenvalue weighted by atomic mass is 16.2. The van der Waals surface area contributed by atoms with E-state index in [1.807, 2.05) is 13.8 Å². The number of hydrogen-bond donors (Lipinski definition) is 3. The molecular weight excluding hydrogens is 312 g/mol. The van der Waals surface area contributed by atoms with Crippen molar-refractivity contribution >= 4 is 23.8 Å². The molecular formula is C16H26N4O4. The highest BCUT2D eigenvalue weighted by molar-refractivity contribution is 6.09. The van der Waals surface area contributed by atoms with Crippen molar-refractivity contribution in [2.75, 3.05) is 19.6 Å². The molecule has 1 saturated carbocycles. The van der Waals surface area contributed by atoms with E-state index in [1.54, 1.807) is 0 Å². The fourth-order valence-corrected chi connectivity index (χ4v) is 3.34. The lowest BCUT2D eigenvalue weighted by Gasteiger charge is -2.36. The molecule has 0 unspecified atom stereocenters. The predicted molar refractivity (Wildman–Crippen MR) is 86.9 cm³/mol. The highest BCUT2D eigenvalue weighted by Gasteiger charge is 2.55. The van der Waals surface area contributed by atoms with Gasteiger partial charge < -0.3 is 16.0 Å². The molecule has 8 heteroatoms. The quantitative estimate of drug-likeness (QED) is 0.598. The molecule has 2 fully saturated rings. The van der Waals surface area contributed by atoms with Crippen molar-refractivity contribution in [3.63, 3.8) is 0 Å². The van der Waals surface area contributed by atoms with Crippen molar-refractivity contribution < 1.29 is 19.2 Å². The van der Waals surface area contributed by atoms with E-state index in [2.05, 4.69) is 16.0 Å². The molecule has 1 spiro atoms. The van der Waals surface area contributed by atoms with Gasteiger partial charge in [0.05, 0.1) is 6.54 Å². The Morgan fingerprint density at radius 3 is 2.67 bits per heavy atom. The van der Waals surface area contributed by atoms with E-state index in [0.717, 1.165) is 30.6 Å². The molecule has 8 nitrogen and oxygen atoms in total. The molecule has 0 bridgehead atoms. The standard InChI is InChI=1S/C16H26N4O4/c1-3-8-17-12(21)9-18-13(22)10-20-14(23)16(19-15(20)24)7-5-4-6-11(16)2/h11H,3-10H2,1-2H3,(H,17,21)(H,18,22)(H,19,24)/t11-,16-/m0/s1. The van der Waals surface area contributed by atoms with Gasteiger partial charge in [-0.05, 0) is 25.2 Å². The Hall–Kier alpha value is -2.12. The molecule has 0 radical (unpaired) electrons. The third-order valence-electron chi connectivity index (χ3n) is 4.82. The molecule has 134 valence electrons. The molecule has 2 atom stereocenters. The van der Waals surface area contributed by atoms with Crippen LogP contribution in [0.15, 0.2) is 0 Å². The van der Waals surface area contributed by atoms with E-state index in [1.165, 1.54) is 0 Å². The second-order valence-corrected chi connectivity index (χ2v) is 6.57. The highest BCUT2D eigenvalue weighted by Crippen LogP contribution is 2.37. The monoisotopic (exact) mass is 338 g/mol. The Labute approximate surface area is 141 Å². The van der Waals surface area contributed by atoms with Gasteiger partial charge in [0.15, 0.2) is 0 Å². The molecule has 0 aromatic carbocycles. The summed E-state index contributed by atoms with van der Waals surface area (Å²) in [5.74, 6) is -1.09. The van der Waals surface area contributed by atoms with Gasteiger partial charge >= 0.3 is 6.03 Å². The number of nitrogens with one attached hydrogen (secondary N) is 3. The minimum atomic E-state index is -0.867. The summed E-state index contributed by atoms with van der Waals surface area (Å²) in [7, 11) is 0. The van der Waals surface area contributed by atoms with Crippen LogP contribution >= 0.6 is 0 Å². The summed E-state index contributed by atoms with van der Waals surface area (Å²) in [6, 6.07) is -0.528. The van der Waals surface area contributed by atoms with Crippen LogP contribution in [0.4, 0.5) is 4.79 Å². The topological polar surface area (TPSA) is 108 Å². The molecule has 2 rings (SSSR count). The average Bonchev–Trinajstić information content (AvgIpc) is 2.79. The summed E-state index contributed by atoms with van der Waals surface area (Å²) in [6.45, 7) is 3.91. The first-order chi connectivity index (χ1) is 11.4. The van der Waals surface area contributed by atoms with Gasteiger partial charge in [-0.2, -0.15) is 0 Å². The Kier molecular flexibility index (Phi) is 5.80. The van der Waals surface area contributed by atoms with Crippen molar-refractivity contribution in [1.82, 2.24) is 20.9 Å². The van der Waals surface area contributed by atoms with Crippen molar-refractivity contribution in [3.05, 3.63) is 0 Å². The van der Waals surface area contributed by atoms with Crippen LogP contribution in [0.2, 0.25) is 0 Å². The van der Waals surface area contributed by atoms with Gasteiger partial charge in [0.2, 0.25) is 11.8 Å². The van der Waals surface area contributed by atoms with E-state index in [9.17, 15) is 19.2 Å². The fraction of sp³-hybridized carbons (Fsp3) is 0.750. The molecule has 1 saturated heterocycles. The van der Waals surface area contributed by atoms with Crippen LogP contribution in [-0.2, 0) is 14.4 Å². The summed E-state index contributed by atoms with van der Waals surface area (Å²) < 4.78 is 0. The van der Waals surface area contributed by atoms with Gasteiger partial charge in [0, 0.05) is 6.54 Å². The van der Waals surface area contributed by atoms with Gasteiger partial charge in [-0.3, -0.25) is 19.3 Å². The van der Waals surface area contributed by atoms with E-state index >= 15 is 0 Å². The van der Waals surface area contributed by atoms with Gasteiger partial charge in [0.1, 0.15) is 12.1 Å². The summed E-state index contributed by atoms with van der Waals surface area (Å²) >= 11 is 0. The van der Waals surface area contributed by atoms with E-state index < -0.39 is 17.5 Å². The molecule has 2 aliphatic rings. The van der Waals surface area contributed by atoms with Crippen LogP contribution in [-0.4, -0.2) is 53.8 Å². The molecule has 0 aromatic rings. The number of hydrogen-bond acceptors (Lipinski definition) is 4. The Balaban J connectivity index is 1.90. The van der Waals surface area contributed by atoms with Crippen LogP contribution in [0.1, 0.15) is 46.0 Å². The number of amides is 5. The van der Waals surface area contributed by atoms with E-state index in [4.69, 9.17) is 0 Å². The first-order valence-electron chi connectivity index (χ1n) is 8.58. The lowest BCUT2D eigenvalue weighted by Crippen LogP contribution is -2.54. The second kappa shape index (κ2) is 7.63. The molecule has 1 aliphatic carbocycles. The van der Waals surface area contributed by atoms with Gasteiger partial charge in [0.25, 0.3) is 5.91 Å². The summed E-state index contributed by atoms with van der Waals surface area (Å²) in [5, 5.41) is 7.87. The number of urea groups is 1. The predicted octanol–water partition coefficient (Wildman–Crippen LogP) is 0.130. The third kappa shape index (κ3) is 3.68. The van der Waals surface area contributed by atoms with Gasteiger partial charge in [-0.1, -0.05) is 26.7 Å². The Bertz CT molecular complexity index is 536. The van der Waals surface area contributed by atoms with Crippen LogP contribution in [0.5, 0.6) is 0 Å². The summed E-state index contributed by atoms with van der Waals surface area (Å²) in [5.41, 5.74) is -0.867. The van der Waals surface area contributed by atoms with Crippen molar-refractivity contribution in [1.29, 1.82) is 0 Å². The minimum Gasteiger partial charge on any atom is -0.355 e. The lowest BCUT2D eigenvalue weighted by atomic mass is 9.73. The second-order valence-electron chi connectivity index (χ2n) is 6.57. The first kappa shape index (κ1) is 18.2. The minimum absolute atomic E-state index is 0.0515. The number of carbonyl (C=O) groups excluding carboxylic acids is 4. The number of rotatable bonds is 6. The van der Waals surface area contributed by atoms with Crippen molar-refractivity contribution in [2.24, 2.45) is 5.92 Å². The number of carbonyl (C=O) groups is 4. The van der Waals surface area contributed by atoms with Gasteiger partial charge in [-0.15, -0.1) is 0 Å². The molecule has 1 aliphatic heterocycles. The SMILES string of the molecule is CCCNC(=O)CNC(=O)CN1C(=O)N[C@]2(CCCC[C@@H]2C)C1=O. The third-order valence-corrected chi connectivity index (χ3v) is 4.82. The van der Waals surface area contributed by atoms with E-state index in [-0.39, 0.29) is 30.8 Å². The van der Waals surface area contributed by atoms with E-state index in [0.29, 0.717) is 13.0 Å². The zero-order valence-electron chi connectivity index (χ0n) is 14.3. The molecule has 5 amide bonds. The normalized spacial score (nSPS) is 26.4. The van der Waals surface area contributed by atoms with Crippen LogP contribution in [0.25, 0.3) is 0 Å². The zero-order valence-corrected chi connectivity index (χ0v) is 14.3. The van der Waals surface area contributed by atoms with Crippen LogP contribution < -0.4 is 16.0 Å². The summed E-state index contributed by atoms with van der Waals surface area (Å²) in [6.07, 6.45) is 4.22. The van der Waals surface area contributed by atoms with Crippen LogP contribution in [0.3, 0.4) is 0 Å². The average molecular weight is 338 g/mol. The fourth-order valence-electron chi connectivity index (χ4n) is 3.34. The first-order valence-corrected chi connectivity index (χ1v) is 8.58. The molecule has 24 heavy (non-hydrogen) atoms. The smallest absolute Gasteiger partial charge is 0.325 e. The maximum absolute atomic E-state index is 12.7. The summed E-state index contributed by atoms with van der Waals surface area (Å²) in [4.78, 5) is 49.2. The largest absolute Gasteiger partial charge is 0.355 e. The zero-order chi connectivity index (χ0) is 17.7. The van der Waals surface area contributed by atoms with Crippen molar-refractivity contribution in [2.45, 2.75) is 51.5 Å². The molecule has 0 aromatic heterocycles. The maximum Gasteiger partial charge on any atom is 0.325 e. The van der Waals surface area contributed by atoms with Crippen LogP contribution in [0, 0.1) is 5.92 Å². The Morgan fingerprint density at radius 2 is 2.00 bits per heavy atom. The van der Waals surface area contributed by atoms with Crippen molar-refractivity contribution in [3.8, 4) is 0 Å². The Morgan fingerprint density at radius 1 is 1.25 bits per heavy atom. The number of nitrogens with zero attached hydrogens (tertiary/aromatic N) is 1. The molecule has 1 heterocycles.